The number of halogens is 1. The number of aromatic nitrogens is 2. The number of anilines is 1. The number of aryl methyl sites for hydroxylation is 1. The Labute approximate surface area is 196 Å². The van der Waals surface area contributed by atoms with Crippen molar-refractivity contribution < 1.29 is 13.2 Å². The molecule has 10 heteroatoms. The van der Waals surface area contributed by atoms with Crippen LogP contribution in [0, 0.1) is 0 Å². The Morgan fingerprint density at radius 1 is 1.16 bits per heavy atom. The molecule has 1 N–H and O–H groups in total. The molecule has 1 aliphatic rings. The largest absolute Gasteiger partial charge is 0.320 e. The van der Waals surface area contributed by atoms with E-state index in [1.807, 2.05) is 19.1 Å². The van der Waals surface area contributed by atoms with Crippen molar-refractivity contribution in [2.45, 2.75) is 37.0 Å². The van der Waals surface area contributed by atoms with Crippen molar-refractivity contribution in [3.63, 3.8) is 0 Å². The Morgan fingerprint density at radius 3 is 2.53 bits per heavy atom. The van der Waals surface area contributed by atoms with E-state index in [0.29, 0.717) is 41.5 Å². The van der Waals surface area contributed by atoms with Crippen molar-refractivity contribution in [3.05, 3.63) is 69.1 Å². The van der Waals surface area contributed by atoms with Crippen molar-refractivity contribution in [1.82, 2.24) is 14.5 Å². The first-order valence-corrected chi connectivity index (χ1v) is 13.0. The minimum Gasteiger partial charge on any atom is -0.320 e. The van der Waals surface area contributed by atoms with Crippen LogP contribution in [0.3, 0.4) is 0 Å². The fourth-order valence-electron chi connectivity index (χ4n) is 3.63. The summed E-state index contributed by atoms with van der Waals surface area (Å²) < 4.78 is 27.4. The second-order valence-corrected chi connectivity index (χ2v) is 11.0. The van der Waals surface area contributed by atoms with Crippen LogP contribution in [-0.4, -0.2) is 41.9 Å². The van der Waals surface area contributed by atoms with Crippen LogP contribution in [0.1, 0.15) is 46.1 Å². The third-order valence-corrected chi connectivity index (χ3v) is 8.72. The van der Waals surface area contributed by atoms with Crippen LogP contribution in [-0.2, 0) is 16.4 Å². The van der Waals surface area contributed by atoms with Gasteiger partial charge in [0.15, 0.2) is 0 Å². The van der Waals surface area contributed by atoms with Crippen molar-refractivity contribution in [2.75, 3.05) is 18.4 Å². The molecule has 0 atom stereocenters. The van der Waals surface area contributed by atoms with E-state index in [1.165, 1.54) is 15.6 Å². The Balaban J connectivity index is 1.38. The van der Waals surface area contributed by atoms with Crippen LogP contribution in [0.25, 0.3) is 0 Å². The topological polar surface area (TPSA) is 92.3 Å². The first-order valence-electron chi connectivity index (χ1n) is 10.4. The summed E-state index contributed by atoms with van der Waals surface area (Å²) in [6.45, 7) is 2.85. The molecule has 2 heterocycles. The minimum absolute atomic E-state index is 0.0779. The predicted molar refractivity (Wildman–Crippen MR) is 126 cm³/mol. The molecule has 32 heavy (non-hydrogen) atoms. The highest BCUT2D eigenvalue weighted by molar-refractivity contribution is 7.89. The van der Waals surface area contributed by atoms with Crippen molar-refractivity contribution in [3.8, 4) is 0 Å². The lowest BCUT2D eigenvalue weighted by Crippen LogP contribution is -2.37. The lowest BCUT2D eigenvalue weighted by Gasteiger charge is -2.30. The average Bonchev–Trinajstić information content (AvgIpc) is 3.30. The summed E-state index contributed by atoms with van der Waals surface area (Å²) in [6.07, 6.45) is 2.14. The van der Waals surface area contributed by atoms with Gasteiger partial charge in [-0.05, 0) is 55.2 Å². The van der Waals surface area contributed by atoms with Crippen LogP contribution in [0.15, 0.2) is 53.4 Å². The lowest BCUT2D eigenvalue weighted by molar-refractivity contribution is 0.102. The van der Waals surface area contributed by atoms with Gasteiger partial charge in [-0.3, -0.25) is 4.79 Å². The fourth-order valence-corrected chi connectivity index (χ4v) is 6.20. The van der Waals surface area contributed by atoms with Gasteiger partial charge in [-0.2, -0.15) is 4.31 Å². The molecule has 1 aliphatic heterocycles. The molecule has 168 valence electrons. The molecule has 1 amide bonds. The van der Waals surface area contributed by atoms with Gasteiger partial charge in [-0.25, -0.2) is 8.42 Å². The zero-order valence-electron chi connectivity index (χ0n) is 17.5. The highest BCUT2D eigenvalue weighted by atomic mass is 35.5. The summed E-state index contributed by atoms with van der Waals surface area (Å²) in [4.78, 5) is 12.8. The van der Waals surface area contributed by atoms with Gasteiger partial charge in [0.25, 0.3) is 5.91 Å². The standard InChI is InChI=1S/C22H23ClN4O3S2/c1-2-15-6-8-19(9-7-15)32(29,30)27-12-10-16(11-13-27)21-25-26-22(31-21)20(28)24-18-5-3-4-17(23)14-18/h3-9,14,16H,2,10-13H2,1H3,(H,24,28). The minimum atomic E-state index is -3.51. The van der Waals surface area contributed by atoms with E-state index < -0.39 is 10.0 Å². The van der Waals surface area contributed by atoms with E-state index >= 15 is 0 Å². The molecule has 0 unspecified atom stereocenters. The number of nitrogens with zero attached hydrogens (tertiary/aromatic N) is 3. The molecule has 0 bridgehead atoms. The van der Waals surface area contributed by atoms with E-state index in [1.54, 1.807) is 36.4 Å². The molecule has 0 radical (unpaired) electrons. The highest BCUT2D eigenvalue weighted by Crippen LogP contribution is 2.32. The second-order valence-electron chi connectivity index (χ2n) is 7.59. The first-order chi connectivity index (χ1) is 15.4. The zero-order chi connectivity index (χ0) is 22.7. The molecule has 1 aromatic heterocycles. The molecule has 0 spiro atoms. The van der Waals surface area contributed by atoms with Gasteiger partial charge in [0.05, 0.1) is 4.90 Å². The number of benzene rings is 2. The number of amides is 1. The van der Waals surface area contributed by atoms with Crippen LogP contribution in [0.2, 0.25) is 5.02 Å². The molecule has 3 aromatic rings. The van der Waals surface area contributed by atoms with Crippen LogP contribution < -0.4 is 5.32 Å². The number of hydrogen-bond donors (Lipinski definition) is 1. The fraction of sp³-hybridized carbons (Fsp3) is 0.318. The smallest absolute Gasteiger partial charge is 0.286 e. The van der Waals surface area contributed by atoms with E-state index in [9.17, 15) is 13.2 Å². The summed E-state index contributed by atoms with van der Waals surface area (Å²) >= 11 is 7.20. The Bertz CT molecular complexity index is 1200. The van der Waals surface area contributed by atoms with E-state index in [2.05, 4.69) is 15.5 Å². The van der Waals surface area contributed by atoms with Crippen molar-refractivity contribution in [1.29, 1.82) is 0 Å². The lowest BCUT2D eigenvalue weighted by atomic mass is 9.99. The van der Waals surface area contributed by atoms with Gasteiger partial charge in [0, 0.05) is 29.7 Å². The molecular weight excluding hydrogens is 468 g/mol. The van der Waals surface area contributed by atoms with Crippen LogP contribution in [0.4, 0.5) is 5.69 Å². The molecular formula is C22H23ClN4O3S2. The Hall–Kier alpha value is -2.33. The highest BCUT2D eigenvalue weighted by Gasteiger charge is 2.31. The molecule has 0 saturated carbocycles. The maximum Gasteiger partial charge on any atom is 0.286 e. The maximum atomic E-state index is 13.0. The molecule has 1 fully saturated rings. The summed E-state index contributed by atoms with van der Waals surface area (Å²) in [5, 5.41) is 12.6. The number of carbonyl (C=O) groups is 1. The number of carbonyl (C=O) groups excluding carboxylic acids is 1. The van der Waals surface area contributed by atoms with Gasteiger partial charge in [0.1, 0.15) is 5.01 Å². The summed E-state index contributed by atoms with van der Waals surface area (Å²) in [6, 6.07) is 14.0. The van der Waals surface area contributed by atoms with E-state index in [-0.39, 0.29) is 16.8 Å². The van der Waals surface area contributed by atoms with Crippen molar-refractivity contribution >= 4 is 44.6 Å². The Morgan fingerprint density at radius 2 is 1.88 bits per heavy atom. The number of sulfonamides is 1. The third-order valence-electron chi connectivity index (χ3n) is 5.49. The first kappa shape index (κ1) is 22.8. The summed E-state index contributed by atoms with van der Waals surface area (Å²) in [5.74, 6) is -0.263. The molecule has 0 aliphatic carbocycles. The number of hydrogen-bond acceptors (Lipinski definition) is 6. The van der Waals surface area contributed by atoms with Crippen molar-refractivity contribution in [2.24, 2.45) is 0 Å². The van der Waals surface area contributed by atoms with E-state index in [4.69, 9.17) is 11.6 Å². The summed E-state index contributed by atoms with van der Waals surface area (Å²) in [7, 11) is -3.51. The van der Waals surface area contributed by atoms with Gasteiger partial charge in [0.2, 0.25) is 15.0 Å². The third kappa shape index (κ3) is 5.01. The van der Waals surface area contributed by atoms with E-state index in [0.717, 1.165) is 17.0 Å². The second kappa shape index (κ2) is 9.66. The average molecular weight is 491 g/mol. The van der Waals surface area contributed by atoms with Gasteiger partial charge < -0.3 is 5.32 Å². The SMILES string of the molecule is CCc1ccc(S(=O)(=O)N2CCC(c3nnc(C(=O)Nc4cccc(Cl)c4)s3)CC2)cc1. The van der Waals surface area contributed by atoms with Gasteiger partial charge >= 0.3 is 0 Å². The number of rotatable bonds is 6. The normalized spacial score (nSPS) is 15.6. The van der Waals surface area contributed by atoms with Gasteiger partial charge in [-0.1, -0.05) is 48.1 Å². The van der Waals surface area contributed by atoms with Gasteiger partial charge in [-0.15, -0.1) is 10.2 Å². The maximum absolute atomic E-state index is 13.0. The molecule has 4 rings (SSSR count). The monoisotopic (exact) mass is 490 g/mol. The summed E-state index contributed by atoms with van der Waals surface area (Å²) in [5.41, 5.74) is 1.69. The Kier molecular flexibility index (Phi) is 6.90. The predicted octanol–water partition coefficient (Wildman–Crippen LogP) is 4.57. The molecule has 7 nitrogen and oxygen atoms in total. The van der Waals surface area contributed by atoms with Crippen LogP contribution >= 0.6 is 22.9 Å². The number of nitrogens with one attached hydrogen (secondary N) is 1. The molecule has 1 saturated heterocycles. The molecule has 2 aromatic carbocycles. The number of piperidine rings is 1. The quantitative estimate of drug-likeness (QED) is 0.546. The zero-order valence-corrected chi connectivity index (χ0v) is 19.9. The van der Waals surface area contributed by atoms with Crippen LogP contribution in [0.5, 0.6) is 0 Å².